The number of ether oxygens (including phenoxy) is 1. The van der Waals surface area contributed by atoms with Gasteiger partial charge in [0, 0.05) is 0 Å². The zero-order chi connectivity index (χ0) is 14.5. The van der Waals surface area contributed by atoms with Crippen LogP contribution in [0.2, 0.25) is 0 Å². The van der Waals surface area contributed by atoms with Crippen LogP contribution in [0.4, 0.5) is 5.69 Å². The predicted molar refractivity (Wildman–Crippen MR) is 79.4 cm³/mol. The van der Waals surface area contributed by atoms with Gasteiger partial charge in [0.25, 0.3) is 0 Å². The molecule has 4 heteroatoms. The second-order valence-corrected chi connectivity index (χ2v) is 4.51. The minimum Gasteiger partial charge on any atom is -0.507 e. The fraction of sp³-hybridized carbons (Fsp3) is 0.250. The molecule has 0 saturated carbocycles. The van der Waals surface area contributed by atoms with E-state index in [9.17, 15) is 10.2 Å². The number of rotatable bonds is 5. The van der Waals surface area contributed by atoms with Gasteiger partial charge in [0.1, 0.15) is 17.2 Å². The summed E-state index contributed by atoms with van der Waals surface area (Å²) in [6.45, 7) is 4.38. The maximum absolute atomic E-state index is 9.88. The summed E-state index contributed by atoms with van der Waals surface area (Å²) in [6.07, 6.45) is 0. The molecule has 1 unspecified atom stereocenters. The molecule has 0 heterocycles. The zero-order valence-electron chi connectivity index (χ0n) is 11.6. The van der Waals surface area contributed by atoms with Gasteiger partial charge in [-0.15, -0.1) is 0 Å². The van der Waals surface area contributed by atoms with Crippen LogP contribution in [0.1, 0.15) is 25.5 Å². The average Bonchev–Trinajstić information content (AvgIpc) is 2.41. The largest absolute Gasteiger partial charge is 0.507 e. The smallest absolute Gasteiger partial charge is 0.142 e. The topological polar surface area (TPSA) is 61.7 Å². The fourth-order valence-electron chi connectivity index (χ4n) is 2.16. The highest BCUT2D eigenvalue weighted by molar-refractivity contribution is 5.59. The lowest BCUT2D eigenvalue weighted by molar-refractivity contribution is 0.341. The Bertz CT molecular complexity index is 563. The summed E-state index contributed by atoms with van der Waals surface area (Å²) >= 11 is 0. The van der Waals surface area contributed by atoms with Gasteiger partial charge in [-0.05, 0) is 38.1 Å². The summed E-state index contributed by atoms with van der Waals surface area (Å²) in [6, 6.07) is 12.1. The van der Waals surface area contributed by atoms with Crippen LogP contribution in [0.3, 0.4) is 0 Å². The number of anilines is 1. The number of hydrogen-bond donors (Lipinski definition) is 3. The summed E-state index contributed by atoms with van der Waals surface area (Å²) in [5.41, 5.74) is 1.29. The molecule has 0 aliphatic carbocycles. The summed E-state index contributed by atoms with van der Waals surface area (Å²) in [4.78, 5) is 0. The second-order valence-electron chi connectivity index (χ2n) is 4.51. The molecule has 0 aromatic heterocycles. The molecule has 1 atom stereocenters. The maximum atomic E-state index is 9.88. The molecule has 0 amide bonds. The number of phenols is 2. The summed E-state index contributed by atoms with van der Waals surface area (Å²) in [7, 11) is 0. The average molecular weight is 273 g/mol. The van der Waals surface area contributed by atoms with E-state index in [1.54, 1.807) is 18.2 Å². The molecule has 20 heavy (non-hydrogen) atoms. The van der Waals surface area contributed by atoms with Gasteiger partial charge in [-0.2, -0.15) is 0 Å². The Kier molecular flexibility index (Phi) is 4.35. The van der Waals surface area contributed by atoms with Gasteiger partial charge in [-0.25, -0.2) is 0 Å². The molecule has 4 nitrogen and oxygen atoms in total. The van der Waals surface area contributed by atoms with Crippen LogP contribution in [0, 0.1) is 0 Å². The van der Waals surface area contributed by atoms with Crippen molar-refractivity contribution in [2.45, 2.75) is 19.9 Å². The molecule has 106 valence electrons. The third kappa shape index (κ3) is 2.96. The highest BCUT2D eigenvalue weighted by atomic mass is 16.5. The lowest BCUT2D eigenvalue weighted by atomic mass is 10.1. The molecule has 3 N–H and O–H groups in total. The van der Waals surface area contributed by atoms with Crippen molar-refractivity contribution in [3.05, 3.63) is 48.0 Å². The van der Waals surface area contributed by atoms with Crippen molar-refractivity contribution < 1.29 is 14.9 Å². The van der Waals surface area contributed by atoms with Crippen molar-refractivity contribution in [3.63, 3.8) is 0 Å². The lowest BCUT2D eigenvalue weighted by Crippen LogP contribution is -2.08. The van der Waals surface area contributed by atoms with Gasteiger partial charge in [0.2, 0.25) is 0 Å². The number of para-hydroxylation sites is 2. The van der Waals surface area contributed by atoms with Crippen LogP contribution in [0.15, 0.2) is 42.5 Å². The lowest BCUT2D eigenvalue weighted by Gasteiger charge is -2.20. The third-order valence-electron chi connectivity index (χ3n) is 3.05. The molecule has 2 aromatic rings. The highest BCUT2D eigenvalue weighted by Crippen LogP contribution is 2.35. The predicted octanol–water partition coefficient (Wildman–Crippen LogP) is 3.67. The Hall–Kier alpha value is -2.36. The molecular weight excluding hydrogens is 254 g/mol. The van der Waals surface area contributed by atoms with Crippen LogP contribution < -0.4 is 10.1 Å². The van der Waals surface area contributed by atoms with E-state index in [-0.39, 0.29) is 17.5 Å². The minimum absolute atomic E-state index is 0.0684. The Morgan fingerprint density at radius 1 is 1.05 bits per heavy atom. The van der Waals surface area contributed by atoms with E-state index in [4.69, 9.17) is 4.74 Å². The van der Waals surface area contributed by atoms with E-state index in [2.05, 4.69) is 5.32 Å². The third-order valence-corrected chi connectivity index (χ3v) is 3.05. The summed E-state index contributed by atoms with van der Waals surface area (Å²) in [5.74, 6) is 0.884. The van der Waals surface area contributed by atoms with Crippen LogP contribution in [-0.4, -0.2) is 16.8 Å². The number of aromatic hydroxyl groups is 2. The SMILES string of the molecule is CCOc1ccccc1NC(C)c1c(O)cccc1O. The second kappa shape index (κ2) is 6.19. The Labute approximate surface area is 118 Å². The molecule has 0 saturated heterocycles. The van der Waals surface area contributed by atoms with Gasteiger partial charge in [-0.3, -0.25) is 0 Å². The number of benzene rings is 2. The standard InChI is InChI=1S/C16H19NO3/c1-3-20-15-10-5-4-7-12(15)17-11(2)16-13(18)8-6-9-14(16)19/h4-11,17-19H,3H2,1-2H3. The van der Waals surface area contributed by atoms with Crippen LogP contribution in [0.25, 0.3) is 0 Å². The molecule has 0 bridgehead atoms. The molecule has 2 aromatic carbocycles. The van der Waals surface area contributed by atoms with Crippen molar-refractivity contribution in [2.75, 3.05) is 11.9 Å². The molecule has 0 aliphatic rings. The van der Waals surface area contributed by atoms with Gasteiger partial charge in [0.05, 0.1) is 23.9 Å². The molecule has 2 rings (SSSR count). The number of hydrogen-bond acceptors (Lipinski definition) is 4. The molecule has 0 aliphatic heterocycles. The fourth-order valence-corrected chi connectivity index (χ4v) is 2.16. The van der Waals surface area contributed by atoms with Crippen LogP contribution in [-0.2, 0) is 0 Å². The molecule has 0 spiro atoms. The van der Waals surface area contributed by atoms with Crippen LogP contribution >= 0.6 is 0 Å². The summed E-state index contributed by atoms with van der Waals surface area (Å²) < 4.78 is 5.55. The first-order chi connectivity index (χ1) is 9.63. The maximum Gasteiger partial charge on any atom is 0.142 e. The van der Waals surface area contributed by atoms with E-state index in [1.165, 1.54) is 0 Å². The first kappa shape index (κ1) is 14.1. The van der Waals surface area contributed by atoms with Gasteiger partial charge in [0.15, 0.2) is 0 Å². The summed E-state index contributed by atoms with van der Waals surface area (Å²) in [5, 5.41) is 23.0. The van der Waals surface area contributed by atoms with Gasteiger partial charge < -0.3 is 20.3 Å². The Morgan fingerprint density at radius 3 is 2.35 bits per heavy atom. The monoisotopic (exact) mass is 273 g/mol. The Balaban J connectivity index is 2.26. The Morgan fingerprint density at radius 2 is 1.70 bits per heavy atom. The van der Waals surface area contributed by atoms with Crippen molar-refractivity contribution in [2.24, 2.45) is 0 Å². The van der Waals surface area contributed by atoms with E-state index in [0.29, 0.717) is 12.2 Å². The van der Waals surface area contributed by atoms with E-state index in [1.807, 2.05) is 38.1 Å². The molecular formula is C16H19NO3. The number of nitrogens with one attached hydrogen (secondary N) is 1. The van der Waals surface area contributed by atoms with Gasteiger partial charge in [-0.1, -0.05) is 18.2 Å². The van der Waals surface area contributed by atoms with E-state index in [0.717, 1.165) is 11.4 Å². The minimum atomic E-state index is -0.252. The van der Waals surface area contributed by atoms with E-state index >= 15 is 0 Å². The van der Waals surface area contributed by atoms with Crippen molar-refractivity contribution in [1.29, 1.82) is 0 Å². The first-order valence-electron chi connectivity index (χ1n) is 6.62. The van der Waals surface area contributed by atoms with Crippen molar-refractivity contribution >= 4 is 5.69 Å². The molecule has 0 radical (unpaired) electrons. The first-order valence-corrected chi connectivity index (χ1v) is 6.62. The molecule has 0 fully saturated rings. The van der Waals surface area contributed by atoms with Gasteiger partial charge >= 0.3 is 0 Å². The van der Waals surface area contributed by atoms with Crippen molar-refractivity contribution in [3.8, 4) is 17.2 Å². The van der Waals surface area contributed by atoms with Crippen LogP contribution in [0.5, 0.6) is 17.2 Å². The number of phenolic OH excluding ortho intramolecular Hbond substituents is 2. The normalized spacial score (nSPS) is 11.9. The zero-order valence-corrected chi connectivity index (χ0v) is 11.6. The highest BCUT2D eigenvalue weighted by Gasteiger charge is 2.16. The van der Waals surface area contributed by atoms with E-state index < -0.39 is 0 Å². The van der Waals surface area contributed by atoms with Crippen molar-refractivity contribution in [1.82, 2.24) is 0 Å². The quantitative estimate of drug-likeness (QED) is 0.778.